The van der Waals surface area contributed by atoms with Crippen LogP contribution in [0.1, 0.15) is 16.1 Å². The predicted molar refractivity (Wildman–Crippen MR) is 94.0 cm³/mol. The Morgan fingerprint density at radius 2 is 1.83 bits per heavy atom. The first kappa shape index (κ1) is 15.8. The lowest BCUT2D eigenvalue weighted by atomic mass is 10.1. The van der Waals surface area contributed by atoms with E-state index in [0.29, 0.717) is 22.7 Å². The number of rotatable bonds is 4. The topological polar surface area (TPSA) is 60.5 Å². The third kappa shape index (κ3) is 3.01. The Kier molecular flexibility index (Phi) is 4.33. The largest absolute Gasteiger partial charge is 0.497 e. The van der Waals surface area contributed by atoms with Crippen molar-refractivity contribution in [3.05, 3.63) is 59.8 Å². The molecule has 24 heavy (non-hydrogen) atoms. The van der Waals surface area contributed by atoms with Gasteiger partial charge in [-0.1, -0.05) is 12.1 Å². The van der Waals surface area contributed by atoms with Gasteiger partial charge < -0.3 is 14.8 Å². The third-order valence-corrected chi connectivity index (χ3v) is 3.81. The molecule has 5 nitrogen and oxygen atoms in total. The first-order valence-corrected chi connectivity index (χ1v) is 7.52. The summed E-state index contributed by atoms with van der Waals surface area (Å²) in [6.45, 7) is 1.82. The van der Waals surface area contributed by atoms with Gasteiger partial charge in [-0.3, -0.25) is 9.78 Å². The first-order valence-electron chi connectivity index (χ1n) is 7.52. The van der Waals surface area contributed by atoms with Crippen LogP contribution in [0, 0.1) is 6.92 Å². The number of hydrogen-bond acceptors (Lipinski definition) is 4. The summed E-state index contributed by atoms with van der Waals surface area (Å²) in [5.74, 6) is 1.11. The van der Waals surface area contributed by atoms with E-state index in [2.05, 4.69) is 10.3 Å². The fraction of sp³-hybridized carbons (Fsp3) is 0.158. The zero-order chi connectivity index (χ0) is 17.1. The molecule has 1 amide bonds. The van der Waals surface area contributed by atoms with Crippen molar-refractivity contribution in [2.45, 2.75) is 6.92 Å². The van der Waals surface area contributed by atoms with Crippen LogP contribution in [-0.2, 0) is 0 Å². The van der Waals surface area contributed by atoms with Crippen LogP contribution in [0.4, 0.5) is 5.69 Å². The summed E-state index contributed by atoms with van der Waals surface area (Å²) in [4.78, 5) is 17.2. The van der Waals surface area contributed by atoms with Crippen molar-refractivity contribution in [2.24, 2.45) is 0 Å². The normalized spacial score (nSPS) is 10.5. The maximum Gasteiger partial charge on any atom is 0.257 e. The number of methoxy groups -OCH3 is 2. The van der Waals surface area contributed by atoms with Gasteiger partial charge in [-0.2, -0.15) is 0 Å². The number of hydrogen-bond donors (Lipinski definition) is 1. The summed E-state index contributed by atoms with van der Waals surface area (Å²) in [6.07, 6.45) is 0. The number of benzene rings is 2. The lowest BCUT2D eigenvalue weighted by molar-refractivity contribution is 0.102. The minimum atomic E-state index is -0.228. The van der Waals surface area contributed by atoms with Crippen LogP contribution >= 0.6 is 0 Å². The Hall–Kier alpha value is -3.08. The monoisotopic (exact) mass is 322 g/mol. The van der Waals surface area contributed by atoms with Crippen molar-refractivity contribution < 1.29 is 14.3 Å². The second-order valence-corrected chi connectivity index (χ2v) is 5.33. The molecule has 122 valence electrons. The number of nitrogens with zero attached hydrogens (tertiary/aromatic N) is 1. The molecule has 0 radical (unpaired) electrons. The van der Waals surface area contributed by atoms with E-state index in [0.717, 1.165) is 16.7 Å². The van der Waals surface area contributed by atoms with Gasteiger partial charge in [0, 0.05) is 5.39 Å². The second kappa shape index (κ2) is 6.58. The zero-order valence-electron chi connectivity index (χ0n) is 13.8. The number of carbonyl (C=O) groups is 1. The fourth-order valence-corrected chi connectivity index (χ4v) is 2.55. The summed E-state index contributed by atoms with van der Waals surface area (Å²) >= 11 is 0. The van der Waals surface area contributed by atoms with Gasteiger partial charge in [0.2, 0.25) is 0 Å². The summed E-state index contributed by atoms with van der Waals surface area (Å²) in [6, 6.07) is 14.7. The lowest BCUT2D eigenvalue weighted by Gasteiger charge is -2.12. The molecule has 0 aliphatic rings. The van der Waals surface area contributed by atoms with E-state index in [-0.39, 0.29) is 5.91 Å². The van der Waals surface area contributed by atoms with Gasteiger partial charge in [-0.25, -0.2) is 0 Å². The van der Waals surface area contributed by atoms with E-state index in [4.69, 9.17) is 9.47 Å². The smallest absolute Gasteiger partial charge is 0.257 e. The molecule has 2 aromatic carbocycles. The molecule has 1 heterocycles. The number of fused-ring (bicyclic) bond motifs is 1. The van der Waals surface area contributed by atoms with E-state index in [1.165, 1.54) is 0 Å². The van der Waals surface area contributed by atoms with Crippen molar-refractivity contribution in [3.8, 4) is 11.5 Å². The molecule has 3 aromatic rings. The Balaban J connectivity index is 1.98. The zero-order valence-corrected chi connectivity index (χ0v) is 13.8. The summed E-state index contributed by atoms with van der Waals surface area (Å²) in [7, 11) is 3.18. The molecule has 0 unspecified atom stereocenters. The van der Waals surface area contributed by atoms with Crippen molar-refractivity contribution in [3.63, 3.8) is 0 Å². The van der Waals surface area contributed by atoms with Crippen molar-refractivity contribution >= 4 is 22.5 Å². The van der Waals surface area contributed by atoms with Crippen LogP contribution in [0.5, 0.6) is 11.5 Å². The third-order valence-electron chi connectivity index (χ3n) is 3.81. The van der Waals surface area contributed by atoms with Crippen LogP contribution in [0.15, 0.2) is 48.5 Å². The molecule has 0 spiro atoms. The quantitative estimate of drug-likeness (QED) is 0.793. The minimum absolute atomic E-state index is 0.228. The number of aryl methyl sites for hydroxylation is 1. The van der Waals surface area contributed by atoms with E-state index in [1.807, 2.05) is 43.3 Å². The average Bonchev–Trinajstić information content (AvgIpc) is 2.61. The maximum absolute atomic E-state index is 12.7. The van der Waals surface area contributed by atoms with Gasteiger partial charge in [0.1, 0.15) is 11.5 Å². The molecule has 5 heteroatoms. The number of nitrogens with one attached hydrogen (secondary N) is 1. The minimum Gasteiger partial charge on any atom is -0.497 e. The molecule has 0 aliphatic heterocycles. The van der Waals surface area contributed by atoms with Crippen LogP contribution in [-0.4, -0.2) is 25.1 Å². The maximum atomic E-state index is 12.7. The standard InChI is InChI=1S/C19H18N2O3/c1-12-15(11-13-10-14(23-2)8-9-16(13)20-12)19(22)21-17-6-4-5-7-18(17)24-3/h4-11H,1-3H3,(H,21,22). The highest BCUT2D eigenvalue weighted by molar-refractivity contribution is 6.07. The van der Waals surface area contributed by atoms with E-state index in [9.17, 15) is 4.79 Å². The SMILES string of the molecule is COc1ccc2nc(C)c(C(=O)Nc3ccccc3OC)cc2c1. The Morgan fingerprint density at radius 3 is 2.58 bits per heavy atom. The fourth-order valence-electron chi connectivity index (χ4n) is 2.55. The highest BCUT2D eigenvalue weighted by Crippen LogP contribution is 2.26. The average molecular weight is 322 g/mol. The highest BCUT2D eigenvalue weighted by Gasteiger charge is 2.14. The molecule has 0 bridgehead atoms. The van der Waals surface area contributed by atoms with Crippen LogP contribution in [0.3, 0.4) is 0 Å². The van der Waals surface area contributed by atoms with E-state index < -0.39 is 0 Å². The lowest BCUT2D eigenvalue weighted by Crippen LogP contribution is -2.14. The van der Waals surface area contributed by atoms with Gasteiger partial charge in [-0.05, 0) is 43.3 Å². The van der Waals surface area contributed by atoms with Crippen molar-refractivity contribution in [1.82, 2.24) is 4.98 Å². The molecule has 0 aliphatic carbocycles. The van der Waals surface area contributed by atoms with Crippen molar-refractivity contribution in [2.75, 3.05) is 19.5 Å². The Labute approximate surface area is 140 Å². The summed E-state index contributed by atoms with van der Waals surface area (Å²) in [5.41, 5.74) is 2.62. The number of ether oxygens (including phenoxy) is 2. The number of pyridine rings is 1. The number of para-hydroxylation sites is 2. The summed E-state index contributed by atoms with van der Waals surface area (Å²) < 4.78 is 10.5. The van der Waals surface area contributed by atoms with E-state index >= 15 is 0 Å². The van der Waals surface area contributed by atoms with E-state index in [1.54, 1.807) is 26.4 Å². The molecule has 1 aromatic heterocycles. The predicted octanol–water partition coefficient (Wildman–Crippen LogP) is 3.81. The molecule has 3 rings (SSSR count). The van der Waals surface area contributed by atoms with Gasteiger partial charge in [0.25, 0.3) is 5.91 Å². The first-order chi connectivity index (χ1) is 11.6. The molecule has 1 N–H and O–H groups in total. The Morgan fingerprint density at radius 1 is 1.04 bits per heavy atom. The number of aromatic nitrogens is 1. The number of anilines is 1. The molecule has 0 saturated heterocycles. The molecule has 0 saturated carbocycles. The molecule has 0 fully saturated rings. The van der Waals surface area contributed by atoms with Crippen LogP contribution in [0.25, 0.3) is 10.9 Å². The molecular formula is C19H18N2O3. The van der Waals surface area contributed by atoms with Crippen LogP contribution < -0.4 is 14.8 Å². The number of amides is 1. The number of carbonyl (C=O) groups excluding carboxylic acids is 1. The van der Waals surface area contributed by atoms with Gasteiger partial charge in [0.15, 0.2) is 0 Å². The van der Waals surface area contributed by atoms with Crippen LogP contribution in [0.2, 0.25) is 0 Å². The molecular weight excluding hydrogens is 304 g/mol. The van der Waals surface area contributed by atoms with Gasteiger partial charge >= 0.3 is 0 Å². The second-order valence-electron chi connectivity index (χ2n) is 5.33. The molecule has 0 atom stereocenters. The van der Waals surface area contributed by atoms with Crippen molar-refractivity contribution in [1.29, 1.82) is 0 Å². The van der Waals surface area contributed by atoms with Gasteiger partial charge in [0.05, 0.1) is 36.7 Å². The Bertz CT molecular complexity index is 906. The summed E-state index contributed by atoms with van der Waals surface area (Å²) in [5, 5.41) is 3.73. The van der Waals surface area contributed by atoms with Gasteiger partial charge in [-0.15, -0.1) is 0 Å². The highest BCUT2D eigenvalue weighted by atomic mass is 16.5.